The molecule has 2 amide bonds. The Morgan fingerprint density at radius 3 is 2.30 bits per heavy atom. The van der Waals surface area contributed by atoms with E-state index in [0.29, 0.717) is 11.8 Å². The molecule has 4 nitrogen and oxygen atoms in total. The van der Waals surface area contributed by atoms with Gasteiger partial charge in [-0.05, 0) is 43.4 Å². The highest BCUT2D eigenvalue weighted by Crippen LogP contribution is 2.52. The minimum atomic E-state index is -0.332. The van der Waals surface area contributed by atoms with E-state index >= 15 is 0 Å². The van der Waals surface area contributed by atoms with Crippen molar-refractivity contribution in [2.75, 3.05) is 6.54 Å². The second kappa shape index (κ2) is 5.38. The molecule has 0 bridgehead atoms. The van der Waals surface area contributed by atoms with E-state index in [4.69, 9.17) is 0 Å². The molecular weight excluding hydrogens is 252 g/mol. The van der Waals surface area contributed by atoms with Gasteiger partial charge in [-0.2, -0.15) is 0 Å². The monoisotopic (exact) mass is 280 g/mol. The van der Waals surface area contributed by atoms with Crippen LogP contribution in [0, 0.1) is 17.3 Å². The van der Waals surface area contributed by atoms with Crippen molar-refractivity contribution in [3.8, 4) is 0 Å². The van der Waals surface area contributed by atoms with Gasteiger partial charge >= 0.3 is 0 Å². The molecule has 2 fully saturated rings. The molecule has 1 saturated carbocycles. The van der Waals surface area contributed by atoms with E-state index in [0.717, 1.165) is 13.0 Å². The minimum Gasteiger partial charge on any atom is -0.343 e. The first-order chi connectivity index (χ1) is 9.27. The molecule has 2 rings (SSSR count). The Morgan fingerprint density at radius 1 is 1.25 bits per heavy atom. The van der Waals surface area contributed by atoms with Gasteiger partial charge in [-0.3, -0.25) is 9.59 Å². The lowest BCUT2D eigenvalue weighted by molar-refractivity contribution is -0.150. The number of carbonyl (C=O) groups is 2. The summed E-state index contributed by atoms with van der Waals surface area (Å²) in [6.07, 6.45) is 3.08. The van der Waals surface area contributed by atoms with Crippen LogP contribution in [-0.2, 0) is 9.59 Å². The van der Waals surface area contributed by atoms with Gasteiger partial charge in [0, 0.05) is 6.54 Å². The molecule has 0 radical (unpaired) electrons. The Labute approximate surface area is 122 Å². The number of amides is 2. The quantitative estimate of drug-likeness (QED) is 0.839. The maximum Gasteiger partial charge on any atom is 0.245 e. The molecule has 1 aliphatic carbocycles. The van der Waals surface area contributed by atoms with Crippen LogP contribution < -0.4 is 5.32 Å². The summed E-state index contributed by atoms with van der Waals surface area (Å²) in [5.74, 6) is 1.07. The second-order valence-corrected chi connectivity index (χ2v) is 7.35. The van der Waals surface area contributed by atoms with Crippen molar-refractivity contribution < 1.29 is 9.59 Å². The molecule has 114 valence electrons. The molecule has 1 aliphatic heterocycles. The van der Waals surface area contributed by atoms with Crippen molar-refractivity contribution in [1.29, 1.82) is 0 Å². The zero-order valence-electron chi connectivity index (χ0n) is 13.4. The first kappa shape index (κ1) is 15.3. The van der Waals surface area contributed by atoms with E-state index < -0.39 is 0 Å². The molecule has 1 N–H and O–H groups in total. The van der Waals surface area contributed by atoms with E-state index in [1.807, 2.05) is 11.8 Å². The largest absolute Gasteiger partial charge is 0.343 e. The third-order valence-electron chi connectivity index (χ3n) is 5.05. The molecule has 1 saturated heterocycles. The van der Waals surface area contributed by atoms with E-state index in [1.165, 1.54) is 12.8 Å². The van der Waals surface area contributed by atoms with Crippen LogP contribution in [0.2, 0.25) is 0 Å². The van der Waals surface area contributed by atoms with Gasteiger partial charge in [-0.25, -0.2) is 0 Å². The second-order valence-electron chi connectivity index (χ2n) is 7.35. The van der Waals surface area contributed by atoms with Crippen molar-refractivity contribution in [3.63, 3.8) is 0 Å². The van der Waals surface area contributed by atoms with Crippen LogP contribution in [0.3, 0.4) is 0 Å². The zero-order valence-corrected chi connectivity index (χ0v) is 13.4. The molecule has 2 unspecified atom stereocenters. The Kier molecular flexibility index (Phi) is 4.12. The maximum absolute atomic E-state index is 12.7. The third-order valence-corrected chi connectivity index (χ3v) is 5.05. The van der Waals surface area contributed by atoms with Crippen LogP contribution in [0.4, 0.5) is 0 Å². The van der Waals surface area contributed by atoms with Gasteiger partial charge in [0.1, 0.15) is 12.1 Å². The summed E-state index contributed by atoms with van der Waals surface area (Å²) in [4.78, 5) is 26.6. The molecule has 2 atom stereocenters. The maximum atomic E-state index is 12.7. The number of piperazine rings is 1. The van der Waals surface area contributed by atoms with Crippen LogP contribution in [0.1, 0.15) is 53.9 Å². The number of hydrogen-bond donors (Lipinski definition) is 1. The number of carbonyl (C=O) groups excluding carboxylic acids is 2. The lowest BCUT2D eigenvalue weighted by Crippen LogP contribution is -2.63. The topological polar surface area (TPSA) is 49.4 Å². The predicted molar refractivity (Wildman–Crippen MR) is 79.1 cm³/mol. The van der Waals surface area contributed by atoms with Crippen LogP contribution in [0.15, 0.2) is 0 Å². The van der Waals surface area contributed by atoms with E-state index in [-0.39, 0.29) is 29.3 Å². The van der Waals surface area contributed by atoms with Crippen LogP contribution in [0.5, 0.6) is 0 Å². The molecule has 4 heteroatoms. The Morgan fingerprint density at radius 2 is 1.85 bits per heavy atom. The average molecular weight is 280 g/mol. The first-order valence-corrected chi connectivity index (χ1v) is 7.87. The molecule has 0 aromatic carbocycles. The number of hydrogen-bond acceptors (Lipinski definition) is 2. The summed E-state index contributed by atoms with van der Waals surface area (Å²) in [6.45, 7) is 11.2. The van der Waals surface area contributed by atoms with Gasteiger partial charge in [0.25, 0.3) is 0 Å². The molecule has 1 heterocycles. The smallest absolute Gasteiger partial charge is 0.245 e. The molecule has 2 aliphatic rings. The van der Waals surface area contributed by atoms with Gasteiger partial charge in [-0.15, -0.1) is 0 Å². The molecule has 0 aromatic rings. The Balaban J connectivity index is 2.12. The molecule has 0 aromatic heterocycles. The average Bonchev–Trinajstić information content (AvgIpc) is 3.12. The summed E-state index contributed by atoms with van der Waals surface area (Å²) in [5, 5.41) is 2.88. The highest BCUT2D eigenvalue weighted by molar-refractivity contribution is 5.96. The van der Waals surface area contributed by atoms with E-state index in [2.05, 4.69) is 33.0 Å². The fourth-order valence-electron chi connectivity index (χ4n) is 3.15. The summed E-state index contributed by atoms with van der Waals surface area (Å²) in [6, 6.07) is -0.663. The van der Waals surface area contributed by atoms with E-state index in [9.17, 15) is 9.59 Å². The van der Waals surface area contributed by atoms with Crippen LogP contribution >= 0.6 is 0 Å². The normalized spacial score (nSPS) is 29.1. The number of nitrogens with zero attached hydrogens (tertiary/aromatic N) is 1. The lowest BCUT2D eigenvalue weighted by Gasteiger charge is -2.40. The molecular formula is C16H28N2O2. The van der Waals surface area contributed by atoms with Crippen molar-refractivity contribution in [2.24, 2.45) is 17.3 Å². The predicted octanol–water partition coefficient (Wildman–Crippen LogP) is 2.18. The SMILES string of the molecule is CC(C)CC1NC(=O)C(C)N(CC2(C(C)C)CC2)C1=O. The Hall–Kier alpha value is -1.06. The van der Waals surface area contributed by atoms with Gasteiger partial charge in [-0.1, -0.05) is 27.7 Å². The van der Waals surface area contributed by atoms with Crippen LogP contribution in [0.25, 0.3) is 0 Å². The molecule has 0 spiro atoms. The van der Waals surface area contributed by atoms with Crippen molar-refractivity contribution in [2.45, 2.75) is 66.0 Å². The number of rotatable bonds is 5. The van der Waals surface area contributed by atoms with Crippen LogP contribution in [-0.4, -0.2) is 35.3 Å². The summed E-state index contributed by atoms with van der Waals surface area (Å²) >= 11 is 0. The van der Waals surface area contributed by atoms with E-state index in [1.54, 1.807) is 0 Å². The summed E-state index contributed by atoms with van der Waals surface area (Å²) in [5.41, 5.74) is 0.254. The zero-order chi connectivity index (χ0) is 15.1. The summed E-state index contributed by atoms with van der Waals surface area (Å²) < 4.78 is 0. The number of nitrogens with one attached hydrogen (secondary N) is 1. The highest BCUT2D eigenvalue weighted by Gasteiger charge is 2.50. The van der Waals surface area contributed by atoms with Gasteiger partial charge < -0.3 is 10.2 Å². The van der Waals surface area contributed by atoms with Crippen molar-refractivity contribution in [3.05, 3.63) is 0 Å². The lowest BCUT2D eigenvalue weighted by atomic mass is 9.90. The van der Waals surface area contributed by atoms with Crippen molar-refractivity contribution >= 4 is 11.8 Å². The minimum absolute atomic E-state index is 0.00481. The first-order valence-electron chi connectivity index (χ1n) is 7.87. The molecule has 20 heavy (non-hydrogen) atoms. The third kappa shape index (κ3) is 2.84. The van der Waals surface area contributed by atoms with Gasteiger partial charge in [0.05, 0.1) is 0 Å². The van der Waals surface area contributed by atoms with Crippen molar-refractivity contribution in [1.82, 2.24) is 10.2 Å². The Bertz CT molecular complexity index is 399. The fraction of sp³-hybridized carbons (Fsp3) is 0.875. The van der Waals surface area contributed by atoms with Gasteiger partial charge in [0.2, 0.25) is 11.8 Å². The highest BCUT2D eigenvalue weighted by atomic mass is 16.2. The standard InChI is InChI=1S/C16H28N2O2/c1-10(2)8-13-15(20)18(12(5)14(19)17-13)9-16(6-7-16)11(3)4/h10-13H,6-9H2,1-5H3,(H,17,19). The summed E-state index contributed by atoms with van der Waals surface area (Å²) in [7, 11) is 0. The fourth-order valence-corrected chi connectivity index (χ4v) is 3.15. The van der Waals surface area contributed by atoms with Gasteiger partial charge in [0.15, 0.2) is 0 Å².